The summed E-state index contributed by atoms with van der Waals surface area (Å²) in [6.45, 7) is 3.91. The highest BCUT2D eigenvalue weighted by Crippen LogP contribution is 2.13. The number of amides is 1. The largest absolute Gasteiger partial charge is 0.339 e. The van der Waals surface area contributed by atoms with Gasteiger partial charge in [0.2, 0.25) is 10.0 Å². The van der Waals surface area contributed by atoms with Gasteiger partial charge in [0.15, 0.2) is 0 Å². The van der Waals surface area contributed by atoms with E-state index >= 15 is 0 Å². The molecule has 0 radical (unpaired) electrons. The molecule has 0 fully saturated rings. The van der Waals surface area contributed by atoms with Crippen LogP contribution in [-0.4, -0.2) is 32.3 Å². The first-order chi connectivity index (χ1) is 8.27. The van der Waals surface area contributed by atoms with Crippen molar-refractivity contribution in [1.29, 1.82) is 0 Å². The van der Waals surface area contributed by atoms with Gasteiger partial charge in [-0.05, 0) is 31.5 Å². The molecule has 5 nitrogen and oxygen atoms in total. The van der Waals surface area contributed by atoms with E-state index in [1.807, 2.05) is 13.8 Å². The third kappa shape index (κ3) is 3.30. The monoisotopic (exact) mass is 270 g/mol. The van der Waals surface area contributed by atoms with E-state index in [1.165, 1.54) is 18.2 Å². The Hall–Kier alpha value is -1.40. The van der Waals surface area contributed by atoms with Crippen LogP contribution >= 0.6 is 0 Å². The topological polar surface area (TPSA) is 80.5 Å². The van der Waals surface area contributed by atoms with Gasteiger partial charge in [0.25, 0.3) is 5.91 Å². The van der Waals surface area contributed by atoms with Gasteiger partial charge < -0.3 is 4.90 Å². The molecular formula is C12H18N2O3S. The van der Waals surface area contributed by atoms with Gasteiger partial charge in [-0.2, -0.15) is 0 Å². The summed E-state index contributed by atoms with van der Waals surface area (Å²) in [7, 11) is -2.09. The maximum atomic E-state index is 12.1. The fourth-order valence-corrected chi connectivity index (χ4v) is 2.04. The Bertz CT molecular complexity index is 540. The molecule has 1 unspecified atom stereocenters. The molecule has 6 heteroatoms. The number of nitrogens with two attached hydrogens (primary N) is 1. The molecule has 18 heavy (non-hydrogen) atoms. The summed E-state index contributed by atoms with van der Waals surface area (Å²) < 4.78 is 22.4. The van der Waals surface area contributed by atoms with Crippen molar-refractivity contribution in [3.8, 4) is 0 Å². The van der Waals surface area contributed by atoms with Crippen molar-refractivity contribution in [2.75, 3.05) is 7.05 Å². The highest BCUT2D eigenvalue weighted by molar-refractivity contribution is 7.89. The van der Waals surface area contributed by atoms with E-state index in [-0.39, 0.29) is 16.8 Å². The second-order valence-electron chi connectivity index (χ2n) is 4.25. The Balaban J connectivity index is 3.08. The number of carbonyl (C=O) groups is 1. The summed E-state index contributed by atoms with van der Waals surface area (Å²) in [6.07, 6.45) is 0.830. The summed E-state index contributed by atoms with van der Waals surface area (Å²) >= 11 is 0. The molecular weight excluding hydrogens is 252 g/mol. The third-order valence-corrected chi connectivity index (χ3v) is 3.89. The van der Waals surface area contributed by atoms with Gasteiger partial charge in [-0.1, -0.05) is 13.0 Å². The van der Waals surface area contributed by atoms with E-state index in [0.717, 1.165) is 6.42 Å². The lowest BCUT2D eigenvalue weighted by Crippen LogP contribution is -2.34. The van der Waals surface area contributed by atoms with Crippen LogP contribution in [0.2, 0.25) is 0 Å². The Morgan fingerprint density at radius 2 is 2.06 bits per heavy atom. The van der Waals surface area contributed by atoms with Crippen LogP contribution in [0.4, 0.5) is 0 Å². The van der Waals surface area contributed by atoms with Gasteiger partial charge in [0, 0.05) is 18.7 Å². The lowest BCUT2D eigenvalue weighted by atomic mass is 10.1. The minimum atomic E-state index is -3.78. The van der Waals surface area contributed by atoms with Gasteiger partial charge in [-0.15, -0.1) is 0 Å². The van der Waals surface area contributed by atoms with Crippen molar-refractivity contribution in [2.45, 2.75) is 31.2 Å². The van der Waals surface area contributed by atoms with Crippen molar-refractivity contribution < 1.29 is 13.2 Å². The molecule has 2 N–H and O–H groups in total. The van der Waals surface area contributed by atoms with E-state index in [9.17, 15) is 13.2 Å². The number of hydrogen-bond acceptors (Lipinski definition) is 3. The first-order valence-electron chi connectivity index (χ1n) is 5.67. The number of hydrogen-bond donors (Lipinski definition) is 1. The lowest BCUT2D eigenvalue weighted by molar-refractivity contribution is 0.0740. The first kappa shape index (κ1) is 14.7. The van der Waals surface area contributed by atoms with Gasteiger partial charge in [-0.25, -0.2) is 13.6 Å². The smallest absolute Gasteiger partial charge is 0.253 e. The van der Waals surface area contributed by atoms with Crippen LogP contribution in [0.15, 0.2) is 29.2 Å². The maximum absolute atomic E-state index is 12.1. The second kappa shape index (κ2) is 5.49. The molecule has 1 aromatic rings. The lowest BCUT2D eigenvalue weighted by Gasteiger charge is -2.24. The second-order valence-corrected chi connectivity index (χ2v) is 5.81. The molecule has 1 atom stereocenters. The Morgan fingerprint density at radius 3 is 2.56 bits per heavy atom. The molecule has 1 rings (SSSR count). The molecule has 1 amide bonds. The predicted octanol–water partition coefficient (Wildman–Crippen LogP) is 1.20. The van der Waals surface area contributed by atoms with Gasteiger partial charge in [0.05, 0.1) is 4.90 Å². The fourth-order valence-electron chi connectivity index (χ4n) is 1.48. The average molecular weight is 270 g/mol. The summed E-state index contributed by atoms with van der Waals surface area (Å²) in [5.41, 5.74) is 0.323. The Labute approximate surface area is 108 Å². The number of carbonyl (C=O) groups excluding carboxylic acids is 1. The van der Waals surface area contributed by atoms with Crippen molar-refractivity contribution in [3.05, 3.63) is 29.8 Å². The normalized spacial score (nSPS) is 13.1. The van der Waals surface area contributed by atoms with Crippen LogP contribution < -0.4 is 5.14 Å². The van der Waals surface area contributed by atoms with Crippen molar-refractivity contribution >= 4 is 15.9 Å². The van der Waals surface area contributed by atoms with Crippen LogP contribution in [0, 0.1) is 0 Å². The van der Waals surface area contributed by atoms with Crippen molar-refractivity contribution in [2.24, 2.45) is 5.14 Å². The predicted molar refractivity (Wildman–Crippen MR) is 69.7 cm³/mol. The molecule has 0 aliphatic heterocycles. The molecule has 0 saturated carbocycles. The zero-order valence-corrected chi connectivity index (χ0v) is 11.6. The van der Waals surface area contributed by atoms with E-state index < -0.39 is 10.0 Å². The molecule has 0 aromatic heterocycles. The highest BCUT2D eigenvalue weighted by atomic mass is 32.2. The SMILES string of the molecule is CCC(C)N(C)C(=O)c1cccc(S(N)(=O)=O)c1. The van der Waals surface area contributed by atoms with E-state index in [0.29, 0.717) is 5.56 Å². The quantitative estimate of drug-likeness (QED) is 0.892. The first-order valence-corrected chi connectivity index (χ1v) is 7.22. The number of nitrogens with zero attached hydrogens (tertiary/aromatic N) is 1. The minimum absolute atomic E-state index is 0.0501. The number of benzene rings is 1. The van der Waals surface area contributed by atoms with Gasteiger partial charge in [-0.3, -0.25) is 4.79 Å². The van der Waals surface area contributed by atoms with Crippen LogP contribution in [0.1, 0.15) is 30.6 Å². The average Bonchev–Trinajstić information content (AvgIpc) is 2.35. The molecule has 0 saturated heterocycles. The van der Waals surface area contributed by atoms with E-state index in [4.69, 9.17) is 5.14 Å². The van der Waals surface area contributed by atoms with Crippen molar-refractivity contribution in [1.82, 2.24) is 4.90 Å². The summed E-state index contributed by atoms with van der Waals surface area (Å²) in [6, 6.07) is 5.86. The fraction of sp³-hybridized carbons (Fsp3) is 0.417. The number of rotatable bonds is 4. The van der Waals surface area contributed by atoms with Gasteiger partial charge >= 0.3 is 0 Å². The molecule has 0 aliphatic carbocycles. The highest BCUT2D eigenvalue weighted by Gasteiger charge is 2.18. The van der Waals surface area contributed by atoms with E-state index in [2.05, 4.69) is 0 Å². The summed E-state index contributed by atoms with van der Waals surface area (Å²) in [4.78, 5) is 13.6. The Morgan fingerprint density at radius 1 is 1.44 bits per heavy atom. The molecule has 100 valence electrons. The Kier molecular flexibility index (Phi) is 4.48. The standard InChI is InChI=1S/C12H18N2O3S/c1-4-9(2)14(3)12(15)10-6-5-7-11(8-10)18(13,16)17/h5-9H,4H2,1-3H3,(H2,13,16,17). The summed E-state index contributed by atoms with van der Waals surface area (Å²) in [5.74, 6) is -0.213. The molecule has 0 heterocycles. The van der Waals surface area contributed by atoms with Gasteiger partial charge in [0.1, 0.15) is 0 Å². The number of primary sulfonamides is 1. The van der Waals surface area contributed by atoms with Crippen molar-refractivity contribution in [3.63, 3.8) is 0 Å². The number of sulfonamides is 1. The molecule has 0 aliphatic rings. The minimum Gasteiger partial charge on any atom is -0.339 e. The van der Waals surface area contributed by atoms with Crippen LogP contribution in [0.3, 0.4) is 0 Å². The molecule has 0 bridgehead atoms. The molecule has 0 spiro atoms. The zero-order chi connectivity index (χ0) is 13.9. The zero-order valence-electron chi connectivity index (χ0n) is 10.8. The summed E-state index contributed by atoms with van der Waals surface area (Å²) in [5, 5.41) is 5.04. The third-order valence-electron chi connectivity index (χ3n) is 2.98. The maximum Gasteiger partial charge on any atom is 0.253 e. The van der Waals surface area contributed by atoms with E-state index in [1.54, 1.807) is 18.0 Å². The van der Waals surface area contributed by atoms with Crippen LogP contribution in [0.5, 0.6) is 0 Å². The van der Waals surface area contributed by atoms with Crippen LogP contribution in [-0.2, 0) is 10.0 Å². The van der Waals surface area contributed by atoms with Crippen LogP contribution in [0.25, 0.3) is 0 Å². The molecule has 1 aromatic carbocycles.